The number of pyridine rings is 2. The summed E-state index contributed by atoms with van der Waals surface area (Å²) in [6, 6.07) is 9.91. The number of hydrogen-bond donors (Lipinski definition) is 0. The van der Waals surface area contributed by atoms with Crippen molar-refractivity contribution >= 4 is 10.9 Å². The Bertz CT molecular complexity index is 1200. The fraction of sp³-hybridized carbons (Fsp3) is 0.143. The van der Waals surface area contributed by atoms with Gasteiger partial charge >= 0.3 is 0 Å². The average Bonchev–Trinajstić information content (AvgIpc) is 2.67. The van der Waals surface area contributed by atoms with E-state index < -0.39 is 0 Å². The van der Waals surface area contributed by atoms with Crippen LogP contribution < -0.4 is 5.56 Å². The van der Waals surface area contributed by atoms with Gasteiger partial charge in [-0.25, -0.2) is 4.39 Å². The first kappa shape index (κ1) is 17.0. The van der Waals surface area contributed by atoms with E-state index in [1.54, 1.807) is 42.3 Å². The summed E-state index contributed by atoms with van der Waals surface area (Å²) in [5.41, 5.74) is 4.59. The Morgan fingerprint density at radius 3 is 2.63 bits per heavy atom. The number of nitrogens with zero attached hydrogens (tertiary/aromatic N) is 4. The van der Waals surface area contributed by atoms with Crippen LogP contribution in [0.1, 0.15) is 16.7 Å². The summed E-state index contributed by atoms with van der Waals surface area (Å²) >= 11 is 0. The first-order valence-electron chi connectivity index (χ1n) is 8.54. The highest BCUT2D eigenvalue weighted by molar-refractivity contribution is 5.91. The molecule has 5 nitrogen and oxygen atoms in total. The molecule has 0 aliphatic heterocycles. The number of fused-ring (bicyclic) bond motifs is 1. The minimum Gasteiger partial charge on any atom is -0.309 e. The van der Waals surface area contributed by atoms with Crippen LogP contribution in [0.2, 0.25) is 0 Å². The Labute approximate surface area is 155 Å². The predicted molar refractivity (Wildman–Crippen MR) is 102 cm³/mol. The van der Waals surface area contributed by atoms with Crippen LogP contribution in [0, 0.1) is 12.7 Å². The second-order valence-corrected chi connectivity index (χ2v) is 6.52. The van der Waals surface area contributed by atoms with E-state index in [0.29, 0.717) is 23.2 Å². The van der Waals surface area contributed by atoms with E-state index in [4.69, 9.17) is 0 Å². The lowest BCUT2D eigenvalue weighted by molar-refractivity contribution is 0.627. The van der Waals surface area contributed by atoms with Crippen LogP contribution in [0.4, 0.5) is 4.39 Å². The molecule has 6 heteroatoms. The zero-order valence-corrected chi connectivity index (χ0v) is 15.0. The van der Waals surface area contributed by atoms with Gasteiger partial charge < -0.3 is 4.57 Å². The molecule has 0 atom stereocenters. The summed E-state index contributed by atoms with van der Waals surface area (Å²) in [5.74, 6) is -0.295. The van der Waals surface area contributed by atoms with Crippen molar-refractivity contribution in [3.63, 3.8) is 0 Å². The number of aryl methyl sites for hydroxylation is 2. The van der Waals surface area contributed by atoms with Gasteiger partial charge in [0.25, 0.3) is 5.56 Å². The minimum atomic E-state index is -0.295. The maximum atomic E-state index is 13.1. The molecule has 0 saturated carbocycles. The van der Waals surface area contributed by atoms with Gasteiger partial charge in [0.1, 0.15) is 11.5 Å². The molecule has 0 N–H and O–H groups in total. The molecule has 0 spiro atoms. The first-order chi connectivity index (χ1) is 13.0. The fourth-order valence-electron chi connectivity index (χ4n) is 3.26. The van der Waals surface area contributed by atoms with E-state index in [1.807, 2.05) is 19.1 Å². The lowest BCUT2D eigenvalue weighted by atomic mass is 10.0. The summed E-state index contributed by atoms with van der Waals surface area (Å²) < 4.78 is 14.7. The van der Waals surface area contributed by atoms with Gasteiger partial charge in [0.15, 0.2) is 0 Å². The molecular formula is C21H17FN4O. The molecule has 3 aromatic heterocycles. The highest BCUT2D eigenvalue weighted by Crippen LogP contribution is 2.27. The monoisotopic (exact) mass is 360 g/mol. The molecular weight excluding hydrogens is 343 g/mol. The van der Waals surface area contributed by atoms with Gasteiger partial charge in [0, 0.05) is 42.4 Å². The van der Waals surface area contributed by atoms with Crippen molar-refractivity contribution < 1.29 is 4.39 Å². The summed E-state index contributed by atoms with van der Waals surface area (Å²) in [6.07, 6.45) is 5.53. The summed E-state index contributed by atoms with van der Waals surface area (Å²) in [4.78, 5) is 17.1. The van der Waals surface area contributed by atoms with E-state index >= 15 is 0 Å². The Hall–Kier alpha value is -3.41. The molecule has 0 radical (unpaired) electrons. The molecule has 0 unspecified atom stereocenters. The van der Waals surface area contributed by atoms with Crippen LogP contribution >= 0.6 is 0 Å². The summed E-state index contributed by atoms with van der Waals surface area (Å²) in [6.45, 7) is 1.97. The van der Waals surface area contributed by atoms with E-state index in [0.717, 1.165) is 22.1 Å². The van der Waals surface area contributed by atoms with E-state index in [2.05, 4.69) is 15.2 Å². The number of hydrogen-bond acceptors (Lipinski definition) is 4. The normalized spacial score (nSPS) is 11.1. The van der Waals surface area contributed by atoms with Gasteiger partial charge in [0.05, 0.1) is 11.7 Å². The van der Waals surface area contributed by atoms with Crippen molar-refractivity contribution in [2.24, 2.45) is 7.05 Å². The summed E-state index contributed by atoms with van der Waals surface area (Å²) in [7, 11) is 1.73. The van der Waals surface area contributed by atoms with Crippen LogP contribution in [0.3, 0.4) is 0 Å². The highest BCUT2D eigenvalue weighted by Gasteiger charge is 2.15. The third kappa shape index (κ3) is 3.10. The van der Waals surface area contributed by atoms with Crippen molar-refractivity contribution in [3.05, 3.63) is 87.9 Å². The molecule has 4 rings (SSSR count). The fourth-order valence-corrected chi connectivity index (χ4v) is 3.26. The number of aromatic nitrogens is 4. The lowest BCUT2D eigenvalue weighted by Crippen LogP contribution is -2.22. The minimum absolute atomic E-state index is 0.109. The Balaban J connectivity index is 1.89. The second kappa shape index (κ2) is 6.72. The van der Waals surface area contributed by atoms with E-state index in [-0.39, 0.29) is 11.4 Å². The largest absolute Gasteiger partial charge is 0.309 e. The molecule has 0 aliphatic carbocycles. The molecule has 0 aliphatic rings. The SMILES string of the molecule is Cc1ccncc1-c1nncc2cc(Cc3ccc(F)cc3)c(=O)n(C)c12. The topological polar surface area (TPSA) is 60.7 Å². The third-order valence-corrected chi connectivity index (χ3v) is 4.70. The van der Waals surface area contributed by atoms with Crippen LogP contribution in [0.15, 0.2) is 59.8 Å². The zero-order valence-electron chi connectivity index (χ0n) is 15.0. The molecule has 0 saturated heterocycles. The second-order valence-electron chi connectivity index (χ2n) is 6.52. The lowest BCUT2D eigenvalue weighted by Gasteiger charge is -2.13. The highest BCUT2D eigenvalue weighted by atomic mass is 19.1. The van der Waals surface area contributed by atoms with Gasteiger partial charge in [0.2, 0.25) is 0 Å². The van der Waals surface area contributed by atoms with Crippen molar-refractivity contribution in [1.82, 2.24) is 19.7 Å². The van der Waals surface area contributed by atoms with Crippen LogP contribution in [-0.2, 0) is 13.5 Å². The number of rotatable bonds is 3. The van der Waals surface area contributed by atoms with Crippen molar-refractivity contribution in [3.8, 4) is 11.3 Å². The van der Waals surface area contributed by atoms with Gasteiger partial charge in [-0.05, 0) is 42.3 Å². The van der Waals surface area contributed by atoms with Gasteiger partial charge in [-0.3, -0.25) is 9.78 Å². The smallest absolute Gasteiger partial charge is 0.254 e. The first-order valence-corrected chi connectivity index (χ1v) is 8.54. The predicted octanol–water partition coefficient (Wildman–Crippen LogP) is 3.43. The van der Waals surface area contributed by atoms with Crippen molar-refractivity contribution in [1.29, 1.82) is 0 Å². The van der Waals surface area contributed by atoms with E-state index in [9.17, 15) is 9.18 Å². The average molecular weight is 360 g/mol. The standard InChI is InChI=1S/C21H17FN4O/c1-13-7-8-23-12-18(13)19-20-16(11-24-25-19)10-15(21(27)26(20)2)9-14-3-5-17(22)6-4-14/h3-8,10-12H,9H2,1-2H3. The maximum absolute atomic E-state index is 13.1. The number of halogens is 1. The Morgan fingerprint density at radius 2 is 1.89 bits per heavy atom. The van der Waals surface area contributed by atoms with E-state index in [1.165, 1.54) is 12.1 Å². The Morgan fingerprint density at radius 1 is 1.11 bits per heavy atom. The molecule has 1 aromatic carbocycles. The van der Waals surface area contributed by atoms with Crippen LogP contribution in [0.5, 0.6) is 0 Å². The summed E-state index contributed by atoms with van der Waals surface area (Å²) in [5, 5.41) is 9.21. The number of benzene rings is 1. The molecule has 134 valence electrons. The Kier molecular flexibility index (Phi) is 4.24. The maximum Gasteiger partial charge on any atom is 0.254 e. The molecule has 27 heavy (non-hydrogen) atoms. The van der Waals surface area contributed by atoms with Crippen LogP contribution in [-0.4, -0.2) is 19.7 Å². The van der Waals surface area contributed by atoms with Crippen molar-refractivity contribution in [2.45, 2.75) is 13.3 Å². The molecule has 0 fully saturated rings. The quantitative estimate of drug-likeness (QED) is 0.562. The van der Waals surface area contributed by atoms with Gasteiger partial charge in [-0.15, -0.1) is 5.10 Å². The van der Waals surface area contributed by atoms with Crippen molar-refractivity contribution in [2.75, 3.05) is 0 Å². The molecule has 0 bridgehead atoms. The van der Waals surface area contributed by atoms with Crippen LogP contribution in [0.25, 0.3) is 22.2 Å². The molecule has 0 amide bonds. The molecule has 4 aromatic rings. The molecule has 3 heterocycles. The van der Waals surface area contributed by atoms with Gasteiger partial charge in [-0.2, -0.15) is 5.10 Å². The van der Waals surface area contributed by atoms with Gasteiger partial charge in [-0.1, -0.05) is 12.1 Å². The third-order valence-electron chi connectivity index (χ3n) is 4.70. The zero-order chi connectivity index (χ0) is 19.0.